The van der Waals surface area contributed by atoms with Gasteiger partial charge in [-0.15, -0.1) is 0 Å². The number of benzene rings is 2. The van der Waals surface area contributed by atoms with Crippen LogP contribution >= 0.6 is 17.0 Å². The first-order chi connectivity index (χ1) is 14.3. The predicted octanol–water partition coefficient (Wildman–Crippen LogP) is 9.72. The van der Waals surface area contributed by atoms with Crippen LogP contribution in [0.15, 0.2) is 35.9 Å². The maximum absolute atomic E-state index is 6.70. The normalized spacial score (nSPS) is 15.7. The van der Waals surface area contributed by atoms with Crippen molar-refractivity contribution in [2.45, 2.75) is 82.7 Å². The van der Waals surface area contributed by atoms with E-state index < -0.39 is 19.4 Å². The van der Waals surface area contributed by atoms with Crippen LogP contribution in [0.1, 0.15) is 104 Å². The van der Waals surface area contributed by atoms with Crippen molar-refractivity contribution in [1.82, 2.24) is 0 Å². The van der Waals surface area contributed by atoms with Gasteiger partial charge in [-0.2, -0.15) is 0 Å². The van der Waals surface area contributed by atoms with Gasteiger partial charge in [0.25, 0.3) is 0 Å². The molecule has 1 aliphatic carbocycles. The molecule has 2 aromatic rings. The van der Waals surface area contributed by atoms with Crippen molar-refractivity contribution in [2.24, 2.45) is 0 Å². The van der Waals surface area contributed by atoms with Gasteiger partial charge in [0, 0.05) is 0 Å². The summed E-state index contributed by atoms with van der Waals surface area (Å²) < 4.78 is 0.304. The first kappa shape index (κ1) is 24.3. The van der Waals surface area contributed by atoms with Crippen LogP contribution in [0.2, 0.25) is 0 Å². The number of aryl methyl sites for hydroxylation is 1. The molecule has 0 aromatic heterocycles. The number of halogens is 2. The van der Waals surface area contributed by atoms with Crippen LogP contribution in [0.5, 0.6) is 0 Å². The minimum absolute atomic E-state index is 0.304. The molecule has 1 atom stereocenters. The maximum atomic E-state index is 6.70. The van der Waals surface area contributed by atoms with Gasteiger partial charge in [0.05, 0.1) is 0 Å². The van der Waals surface area contributed by atoms with Gasteiger partial charge in [-0.25, -0.2) is 0 Å². The molecule has 0 nitrogen and oxygen atoms in total. The Labute approximate surface area is 198 Å². The molecule has 0 amide bonds. The van der Waals surface area contributed by atoms with Gasteiger partial charge < -0.3 is 0 Å². The van der Waals surface area contributed by atoms with Crippen LogP contribution in [0.3, 0.4) is 0 Å². The Balaban J connectivity index is 2.30. The molecule has 3 rings (SSSR count). The summed E-state index contributed by atoms with van der Waals surface area (Å²) in [6, 6.07) is 11.9. The van der Waals surface area contributed by atoms with E-state index in [9.17, 15) is 0 Å². The zero-order valence-corrected chi connectivity index (χ0v) is 23.3. The summed E-state index contributed by atoms with van der Waals surface area (Å²) in [6.07, 6.45) is 6.92. The molecule has 0 bridgehead atoms. The van der Waals surface area contributed by atoms with Crippen LogP contribution in [-0.4, -0.2) is 0 Å². The quantitative estimate of drug-likeness (QED) is 0.324. The molecule has 1 aliphatic rings. The van der Waals surface area contributed by atoms with E-state index in [1.807, 2.05) is 0 Å². The topological polar surface area (TPSA) is 0 Å². The Morgan fingerprint density at radius 2 is 1.47 bits per heavy atom. The molecule has 1 unspecified atom stereocenters. The van der Waals surface area contributed by atoms with Crippen molar-refractivity contribution in [3.63, 3.8) is 0 Å². The first-order valence-corrected chi connectivity index (χ1v) is 19.2. The van der Waals surface area contributed by atoms with Crippen LogP contribution in [0.4, 0.5) is 0 Å². The molecule has 0 N–H and O–H groups in total. The molecule has 0 spiro atoms. The third-order valence-electron chi connectivity index (χ3n) is 6.25. The number of fused-ring (bicyclic) bond motifs is 1. The average Bonchev–Trinajstić information content (AvgIpc) is 3.06. The zero-order valence-electron chi connectivity index (χ0n) is 19.3. The second-order valence-corrected chi connectivity index (χ2v) is 18.0. The van der Waals surface area contributed by atoms with E-state index in [0.717, 1.165) is 25.7 Å². The van der Waals surface area contributed by atoms with E-state index in [1.165, 1.54) is 44.5 Å². The number of hydrogen-bond acceptors (Lipinski definition) is 0. The molecule has 0 aliphatic heterocycles. The standard InChI is InChI=1S/C27H35.2ClH.Zr/c1-7-9-20-13-22-12-11-21(10-8-2)27(26(22)14-20)25-16-23(18(3)4)15-24(17-25)19(5)6;;;/h11-19H,7-10H2,1-6H3;2*1H;/q;;;+2/p-2. The molecular weight excluding hydrogens is 486 g/mol. The van der Waals surface area contributed by atoms with Gasteiger partial charge in [-0.3, -0.25) is 0 Å². The number of hydrogen-bond donors (Lipinski definition) is 0. The van der Waals surface area contributed by atoms with Gasteiger partial charge in [0.2, 0.25) is 0 Å². The molecule has 0 saturated carbocycles. The third kappa shape index (κ3) is 5.00. The van der Waals surface area contributed by atoms with Gasteiger partial charge in [0.15, 0.2) is 0 Å². The predicted molar refractivity (Wildman–Crippen MR) is 131 cm³/mol. The summed E-state index contributed by atoms with van der Waals surface area (Å²) in [5.74, 6) is 1.02. The molecule has 0 fully saturated rings. The molecule has 161 valence electrons. The van der Waals surface area contributed by atoms with Crippen molar-refractivity contribution in [2.75, 3.05) is 0 Å². The van der Waals surface area contributed by atoms with E-state index in [0.29, 0.717) is 15.5 Å². The zero-order chi connectivity index (χ0) is 22.0. The molecular formula is C27H35Cl2Zr. The van der Waals surface area contributed by atoms with E-state index >= 15 is 0 Å². The van der Waals surface area contributed by atoms with Crippen LogP contribution < -0.4 is 0 Å². The number of allylic oxidation sites excluding steroid dienone is 1. The van der Waals surface area contributed by atoms with Gasteiger partial charge in [0.1, 0.15) is 0 Å². The second-order valence-electron chi connectivity index (χ2n) is 9.24. The summed E-state index contributed by atoms with van der Waals surface area (Å²) in [6.45, 7) is 13.7. The monoisotopic (exact) mass is 519 g/mol. The molecule has 0 heterocycles. The van der Waals surface area contributed by atoms with E-state index in [2.05, 4.69) is 78.0 Å². The Bertz CT molecular complexity index is 898. The summed E-state index contributed by atoms with van der Waals surface area (Å²) in [4.78, 5) is 0. The number of rotatable bonds is 8. The van der Waals surface area contributed by atoms with E-state index in [-0.39, 0.29) is 0 Å². The van der Waals surface area contributed by atoms with Gasteiger partial charge >= 0.3 is 200 Å². The molecule has 2 aromatic carbocycles. The SMILES string of the molecule is CCCC1=Cc2c(ccc(CCC)c2-c2cc(C(C)C)cc(C(C)C)c2)[CH]1[Zr]([Cl])[Cl]. The van der Waals surface area contributed by atoms with Crippen molar-refractivity contribution in [1.29, 1.82) is 0 Å². The first-order valence-electron chi connectivity index (χ1n) is 11.5. The fraction of sp³-hybridized carbons (Fsp3) is 0.481. The Hall–Kier alpha value is -0.357. The van der Waals surface area contributed by atoms with Crippen LogP contribution in [0, 0.1) is 0 Å². The Morgan fingerprint density at radius 3 is 1.97 bits per heavy atom. The Morgan fingerprint density at radius 1 is 0.867 bits per heavy atom. The minimum atomic E-state index is -2.48. The average molecular weight is 522 g/mol. The van der Waals surface area contributed by atoms with Gasteiger partial charge in [-0.05, 0) is 0 Å². The summed E-state index contributed by atoms with van der Waals surface area (Å²) >= 11 is -2.48. The molecule has 0 radical (unpaired) electrons. The summed E-state index contributed by atoms with van der Waals surface area (Å²) in [5.41, 5.74) is 11.3. The van der Waals surface area contributed by atoms with Crippen molar-refractivity contribution < 1.29 is 19.4 Å². The third-order valence-corrected chi connectivity index (χ3v) is 11.6. The molecule has 0 saturated heterocycles. The Kier molecular flexibility index (Phi) is 8.51. The van der Waals surface area contributed by atoms with Crippen LogP contribution in [-0.2, 0) is 25.8 Å². The van der Waals surface area contributed by atoms with E-state index in [4.69, 9.17) is 17.0 Å². The van der Waals surface area contributed by atoms with Crippen molar-refractivity contribution in [3.8, 4) is 11.1 Å². The van der Waals surface area contributed by atoms with Crippen LogP contribution in [0.25, 0.3) is 17.2 Å². The van der Waals surface area contributed by atoms with Gasteiger partial charge in [-0.1, -0.05) is 0 Å². The van der Waals surface area contributed by atoms with E-state index in [1.54, 1.807) is 0 Å². The molecule has 30 heavy (non-hydrogen) atoms. The van der Waals surface area contributed by atoms with Crippen molar-refractivity contribution in [3.05, 3.63) is 63.7 Å². The second kappa shape index (κ2) is 10.5. The summed E-state index contributed by atoms with van der Waals surface area (Å²) in [7, 11) is 13.4. The molecule has 3 heteroatoms. The fourth-order valence-corrected chi connectivity index (χ4v) is 10.1. The summed E-state index contributed by atoms with van der Waals surface area (Å²) in [5, 5.41) is 0. The fourth-order valence-electron chi connectivity index (χ4n) is 4.63. The van der Waals surface area contributed by atoms with Crippen molar-refractivity contribution >= 4 is 23.1 Å².